The summed E-state index contributed by atoms with van der Waals surface area (Å²) in [6.45, 7) is 0.474. The number of hydrogen-bond donors (Lipinski definition) is 0. The highest BCUT2D eigenvalue weighted by atomic mass is 16.2. The number of ketones is 1. The Morgan fingerprint density at radius 2 is 1.68 bits per heavy atom. The summed E-state index contributed by atoms with van der Waals surface area (Å²) in [5.41, 5.74) is 0. The first-order valence-electron chi connectivity index (χ1n) is 7.25. The monoisotopic (exact) mass is 263 g/mol. The number of imide groups is 1. The highest BCUT2D eigenvalue weighted by Crippen LogP contribution is 2.27. The summed E-state index contributed by atoms with van der Waals surface area (Å²) in [6.07, 6.45) is 10.4. The molecule has 1 aliphatic heterocycles. The van der Waals surface area contributed by atoms with Crippen LogP contribution in [0.3, 0.4) is 0 Å². The number of amides is 2. The SMILES string of the molecule is O=C(CCCCCN1C(=O)C=CC1=O)C1CCCC1. The van der Waals surface area contributed by atoms with E-state index in [1.165, 1.54) is 29.9 Å². The topological polar surface area (TPSA) is 54.5 Å². The fraction of sp³-hybridized carbons (Fsp3) is 0.667. The van der Waals surface area contributed by atoms with Crippen LogP contribution in [0, 0.1) is 5.92 Å². The van der Waals surface area contributed by atoms with E-state index in [1.807, 2.05) is 0 Å². The van der Waals surface area contributed by atoms with Gasteiger partial charge in [0.25, 0.3) is 11.8 Å². The third-order valence-electron chi connectivity index (χ3n) is 4.02. The lowest BCUT2D eigenvalue weighted by molar-refractivity contribution is -0.137. The summed E-state index contributed by atoms with van der Waals surface area (Å²) in [7, 11) is 0. The zero-order chi connectivity index (χ0) is 13.7. The van der Waals surface area contributed by atoms with E-state index in [2.05, 4.69) is 0 Å². The number of carbonyl (C=O) groups is 3. The summed E-state index contributed by atoms with van der Waals surface area (Å²) >= 11 is 0. The summed E-state index contributed by atoms with van der Waals surface area (Å²) in [5.74, 6) is 0.289. The van der Waals surface area contributed by atoms with Gasteiger partial charge < -0.3 is 0 Å². The van der Waals surface area contributed by atoms with E-state index in [-0.39, 0.29) is 11.8 Å². The van der Waals surface area contributed by atoms with Crippen LogP contribution in [0.15, 0.2) is 12.2 Å². The van der Waals surface area contributed by atoms with Crippen molar-refractivity contribution in [3.8, 4) is 0 Å². The van der Waals surface area contributed by atoms with Gasteiger partial charge in [0.15, 0.2) is 0 Å². The molecule has 0 bridgehead atoms. The van der Waals surface area contributed by atoms with Crippen LogP contribution in [0.5, 0.6) is 0 Å². The van der Waals surface area contributed by atoms with Crippen LogP contribution >= 0.6 is 0 Å². The lowest BCUT2D eigenvalue weighted by Crippen LogP contribution is -2.30. The van der Waals surface area contributed by atoms with Crippen LogP contribution in [0.1, 0.15) is 51.4 Å². The molecule has 4 heteroatoms. The van der Waals surface area contributed by atoms with Gasteiger partial charge in [-0.3, -0.25) is 19.3 Å². The van der Waals surface area contributed by atoms with Gasteiger partial charge in [0.05, 0.1) is 0 Å². The molecule has 0 saturated heterocycles. The molecular weight excluding hydrogens is 242 g/mol. The number of Topliss-reactive ketones (excluding diaryl/α,β-unsaturated/α-hetero) is 1. The maximum Gasteiger partial charge on any atom is 0.253 e. The predicted octanol–water partition coefficient (Wildman–Crippen LogP) is 2.23. The second-order valence-corrected chi connectivity index (χ2v) is 5.42. The molecule has 104 valence electrons. The minimum atomic E-state index is -0.216. The lowest BCUT2D eigenvalue weighted by Gasteiger charge is -2.13. The summed E-state index contributed by atoms with van der Waals surface area (Å²) in [6, 6.07) is 0. The van der Waals surface area contributed by atoms with Gasteiger partial charge in [-0.25, -0.2) is 0 Å². The van der Waals surface area contributed by atoms with Crippen molar-refractivity contribution in [2.45, 2.75) is 51.4 Å². The molecule has 0 aromatic rings. The average molecular weight is 263 g/mol. The van der Waals surface area contributed by atoms with Crippen molar-refractivity contribution in [2.75, 3.05) is 6.54 Å². The summed E-state index contributed by atoms with van der Waals surface area (Å²) in [4.78, 5) is 35.7. The van der Waals surface area contributed by atoms with E-state index >= 15 is 0 Å². The number of nitrogens with zero attached hydrogens (tertiary/aromatic N) is 1. The summed E-state index contributed by atoms with van der Waals surface area (Å²) in [5, 5.41) is 0. The van der Waals surface area contributed by atoms with Crippen molar-refractivity contribution >= 4 is 17.6 Å². The molecule has 0 spiro atoms. The molecule has 19 heavy (non-hydrogen) atoms. The van der Waals surface area contributed by atoms with Crippen molar-refractivity contribution in [3.63, 3.8) is 0 Å². The Labute approximate surface area is 113 Å². The molecular formula is C15H21NO3. The van der Waals surface area contributed by atoms with E-state index in [4.69, 9.17) is 0 Å². The maximum atomic E-state index is 11.8. The predicted molar refractivity (Wildman–Crippen MR) is 71.3 cm³/mol. The molecule has 2 amide bonds. The first kappa shape index (κ1) is 14.0. The van der Waals surface area contributed by atoms with E-state index in [1.54, 1.807) is 0 Å². The molecule has 0 aromatic heterocycles. The van der Waals surface area contributed by atoms with Gasteiger partial charge in [-0.15, -0.1) is 0 Å². The molecule has 0 aromatic carbocycles. The van der Waals surface area contributed by atoms with Crippen LogP contribution < -0.4 is 0 Å². The molecule has 4 nitrogen and oxygen atoms in total. The van der Waals surface area contributed by atoms with Gasteiger partial charge in [0, 0.05) is 31.0 Å². The molecule has 2 aliphatic rings. The highest BCUT2D eigenvalue weighted by molar-refractivity contribution is 6.12. The van der Waals surface area contributed by atoms with Crippen LogP contribution in [-0.4, -0.2) is 29.0 Å². The Kier molecular flexibility index (Phi) is 4.88. The third-order valence-corrected chi connectivity index (χ3v) is 4.02. The summed E-state index contributed by atoms with van der Waals surface area (Å²) < 4.78 is 0. The highest BCUT2D eigenvalue weighted by Gasteiger charge is 2.23. The second-order valence-electron chi connectivity index (χ2n) is 5.42. The quantitative estimate of drug-likeness (QED) is 0.523. The Hall–Kier alpha value is -1.45. The standard InChI is InChI=1S/C15H21NO3/c17-13(12-6-3-4-7-12)8-2-1-5-11-16-14(18)9-10-15(16)19/h9-10,12H,1-8,11H2. The Bertz CT molecular complexity index is 376. The molecule has 1 saturated carbocycles. The molecule has 0 N–H and O–H groups in total. The molecule has 0 atom stereocenters. The van der Waals surface area contributed by atoms with E-state index in [0.717, 1.165) is 32.1 Å². The van der Waals surface area contributed by atoms with Crippen molar-refractivity contribution < 1.29 is 14.4 Å². The van der Waals surface area contributed by atoms with Gasteiger partial charge >= 0.3 is 0 Å². The van der Waals surface area contributed by atoms with Crippen molar-refractivity contribution in [1.82, 2.24) is 4.90 Å². The number of unbranched alkanes of at least 4 members (excludes halogenated alkanes) is 2. The molecule has 1 heterocycles. The Morgan fingerprint density at radius 3 is 2.32 bits per heavy atom. The van der Waals surface area contributed by atoms with E-state index in [0.29, 0.717) is 24.7 Å². The van der Waals surface area contributed by atoms with Crippen LogP contribution in [0.4, 0.5) is 0 Å². The second kappa shape index (κ2) is 6.64. The van der Waals surface area contributed by atoms with Crippen molar-refractivity contribution in [2.24, 2.45) is 5.92 Å². The fourth-order valence-corrected chi connectivity index (χ4v) is 2.85. The van der Waals surface area contributed by atoms with Crippen molar-refractivity contribution in [3.05, 3.63) is 12.2 Å². The number of hydrogen-bond acceptors (Lipinski definition) is 3. The minimum Gasteiger partial charge on any atom is -0.299 e. The van der Waals surface area contributed by atoms with Gasteiger partial charge in [-0.05, 0) is 25.7 Å². The largest absolute Gasteiger partial charge is 0.299 e. The van der Waals surface area contributed by atoms with Crippen LogP contribution in [0.25, 0.3) is 0 Å². The van der Waals surface area contributed by atoms with Gasteiger partial charge in [-0.1, -0.05) is 19.3 Å². The lowest BCUT2D eigenvalue weighted by atomic mass is 9.98. The third kappa shape index (κ3) is 3.75. The van der Waals surface area contributed by atoms with E-state index in [9.17, 15) is 14.4 Å². The van der Waals surface area contributed by atoms with Gasteiger partial charge in [-0.2, -0.15) is 0 Å². The number of carbonyl (C=O) groups excluding carboxylic acids is 3. The van der Waals surface area contributed by atoms with Gasteiger partial charge in [0.2, 0.25) is 0 Å². The molecule has 2 rings (SSSR count). The zero-order valence-electron chi connectivity index (χ0n) is 11.3. The normalized spacial score (nSPS) is 19.7. The first-order valence-corrected chi connectivity index (χ1v) is 7.25. The molecule has 0 radical (unpaired) electrons. The van der Waals surface area contributed by atoms with Crippen molar-refractivity contribution in [1.29, 1.82) is 0 Å². The fourth-order valence-electron chi connectivity index (χ4n) is 2.85. The minimum absolute atomic E-state index is 0.216. The number of rotatable bonds is 7. The Morgan fingerprint density at radius 1 is 1.05 bits per heavy atom. The molecule has 0 unspecified atom stereocenters. The molecule has 1 fully saturated rings. The molecule has 1 aliphatic carbocycles. The average Bonchev–Trinajstić information content (AvgIpc) is 3.02. The first-order chi connectivity index (χ1) is 9.18. The van der Waals surface area contributed by atoms with Crippen LogP contribution in [-0.2, 0) is 14.4 Å². The smallest absolute Gasteiger partial charge is 0.253 e. The maximum absolute atomic E-state index is 11.8. The van der Waals surface area contributed by atoms with E-state index < -0.39 is 0 Å². The Balaban J connectivity index is 1.56. The zero-order valence-corrected chi connectivity index (χ0v) is 11.3. The van der Waals surface area contributed by atoms with Crippen LogP contribution in [0.2, 0.25) is 0 Å². The van der Waals surface area contributed by atoms with Gasteiger partial charge in [0.1, 0.15) is 5.78 Å².